The second-order valence-corrected chi connectivity index (χ2v) is 8.72. The smallest absolute Gasteiger partial charge is 0.230 e. The van der Waals surface area contributed by atoms with Crippen LogP contribution in [0.25, 0.3) is 0 Å². The van der Waals surface area contributed by atoms with E-state index in [2.05, 4.69) is 46.3 Å². The van der Waals surface area contributed by atoms with Gasteiger partial charge < -0.3 is 10.2 Å². The maximum Gasteiger partial charge on any atom is 0.230 e. The van der Waals surface area contributed by atoms with Gasteiger partial charge in [0, 0.05) is 38.4 Å². The molecule has 1 N–H and O–H groups in total. The number of hydrogen-bond donors (Lipinski definition) is 1. The Morgan fingerprint density at radius 1 is 1.03 bits per heavy atom. The molecule has 4 nitrogen and oxygen atoms in total. The van der Waals surface area contributed by atoms with Gasteiger partial charge >= 0.3 is 0 Å². The molecule has 0 bridgehead atoms. The zero-order valence-corrected chi connectivity index (χ0v) is 17.9. The van der Waals surface area contributed by atoms with Crippen molar-refractivity contribution in [3.05, 3.63) is 65.5 Å². The molecule has 1 saturated heterocycles. The minimum atomic E-state index is -0.417. The molecule has 0 spiro atoms. The van der Waals surface area contributed by atoms with Gasteiger partial charge in [-0.05, 0) is 74.5 Å². The van der Waals surface area contributed by atoms with Crippen LogP contribution in [0.2, 0.25) is 0 Å². The number of nitrogens with one attached hydrogen (secondary N) is 1. The first-order valence-electron chi connectivity index (χ1n) is 11.2. The van der Waals surface area contributed by atoms with Crippen LogP contribution >= 0.6 is 0 Å². The van der Waals surface area contributed by atoms with Gasteiger partial charge in [-0.2, -0.15) is 0 Å². The zero-order valence-electron chi connectivity index (χ0n) is 17.9. The molecule has 2 fully saturated rings. The van der Waals surface area contributed by atoms with Crippen LogP contribution in [-0.2, 0) is 10.2 Å². The van der Waals surface area contributed by atoms with Crippen LogP contribution in [0.5, 0.6) is 0 Å². The van der Waals surface area contributed by atoms with E-state index in [1.807, 2.05) is 0 Å². The third kappa shape index (κ3) is 4.84. The summed E-state index contributed by atoms with van der Waals surface area (Å²) in [4.78, 5) is 17.6. The normalized spacial score (nSPS) is 18.3. The molecule has 0 atom stereocenters. The predicted octanol–water partition coefficient (Wildman–Crippen LogP) is 3.88. The van der Waals surface area contributed by atoms with Crippen LogP contribution in [-0.4, -0.2) is 50.1 Å². The highest BCUT2D eigenvalue weighted by Crippen LogP contribution is 2.48. The SMILES string of the molecule is Cc1cccc(N2CCN(CCCCNC(=O)C3(c4ccc(F)cc4)CC3)CC2)c1. The van der Waals surface area contributed by atoms with E-state index in [1.54, 1.807) is 12.1 Å². The topological polar surface area (TPSA) is 35.6 Å². The molecule has 0 unspecified atom stereocenters. The molecule has 5 heteroatoms. The van der Waals surface area contributed by atoms with Crippen molar-refractivity contribution in [2.24, 2.45) is 0 Å². The van der Waals surface area contributed by atoms with Gasteiger partial charge in [-0.3, -0.25) is 9.69 Å². The number of anilines is 1. The van der Waals surface area contributed by atoms with E-state index < -0.39 is 5.41 Å². The number of amides is 1. The summed E-state index contributed by atoms with van der Waals surface area (Å²) in [6.07, 6.45) is 3.79. The molecule has 2 aliphatic rings. The number of carbonyl (C=O) groups is 1. The minimum Gasteiger partial charge on any atom is -0.369 e. The van der Waals surface area contributed by atoms with E-state index in [1.165, 1.54) is 23.4 Å². The van der Waals surface area contributed by atoms with Crippen molar-refractivity contribution in [2.75, 3.05) is 44.2 Å². The average Bonchev–Trinajstić information content (AvgIpc) is 3.56. The number of nitrogens with zero attached hydrogens (tertiary/aromatic N) is 2. The third-order valence-corrected chi connectivity index (χ3v) is 6.51. The summed E-state index contributed by atoms with van der Waals surface area (Å²) in [6.45, 7) is 8.26. The molecule has 1 heterocycles. The van der Waals surface area contributed by atoms with Gasteiger partial charge in [0.25, 0.3) is 0 Å². The maximum atomic E-state index is 13.2. The highest BCUT2D eigenvalue weighted by atomic mass is 19.1. The Bertz CT molecular complexity index is 855. The van der Waals surface area contributed by atoms with Crippen LogP contribution < -0.4 is 10.2 Å². The number of rotatable bonds is 8. The summed E-state index contributed by atoms with van der Waals surface area (Å²) < 4.78 is 13.2. The van der Waals surface area contributed by atoms with E-state index in [-0.39, 0.29) is 11.7 Å². The molecule has 30 heavy (non-hydrogen) atoms. The monoisotopic (exact) mass is 409 g/mol. The largest absolute Gasteiger partial charge is 0.369 e. The van der Waals surface area contributed by atoms with Gasteiger partial charge in [0.2, 0.25) is 5.91 Å². The Morgan fingerprint density at radius 3 is 2.43 bits per heavy atom. The lowest BCUT2D eigenvalue weighted by atomic mass is 9.95. The molecule has 0 aromatic heterocycles. The number of carbonyl (C=O) groups excluding carboxylic acids is 1. The van der Waals surface area contributed by atoms with E-state index in [0.29, 0.717) is 6.54 Å². The standard InChI is InChI=1S/C25H32FN3O/c1-20-5-4-6-23(19-20)29-17-15-28(16-18-29)14-3-2-13-27-24(30)25(11-12-25)21-7-9-22(26)10-8-21/h4-10,19H,2-3,11-18H2,1H3,(H,27,30). The Balaban J connectivity index is 1.13. The first kappa shape index (κ1) is 20.9. The number of hydrogen-bond acceptors (Lipinski definition) is 3. The van der Waals surface area contributed by atoms with Crippen molar-refractivity contribution in [3.8, 4) is 0 Å². The van der Waals surface area contributed by atoms with Crippen molar-refractivity contribution >= 4 is 11.6 Å². The number of aryl methyl sites for hydroxylation is 1. The van der Waals surface area contributed by atoms with Gasteiger partial charge in [0.1, 0.15) is 5.82 Å². The van der Waals surface area contributed by atoms with Crippen LogP contribution in [0.4, 0.5) is 10.1 Å². The van der Waals surface area contributed by atoms with Gasteiger partial charge in [-0.25, -0.2) is 4.39 Å². The molecular weight excluding hydrogens is 377 g/mol. The fraction of sp³-hybridized carbons (Fsp3) is 0.480. The maximum absolute atomic E-state index is 13.2. The van der Waals surface area contributed by atoms with Gasteiger partial charge in [0.15, 0.2) is 0 Å². The predicted molar refractivity (Wildman–Crippen MR) is 119 cm³/mol. The molecule has 2 aromatic carbocycles. The lowest BCUT2D eigenvalue weighted by molar-refractivity contribution is -0.123. The second kappa shape index (κ2) is 9.17. The van der Waals surface area contributed by atoms with E-state index in [0.717, 1.165) is 64.0 Å². The summed E-state index contributed by atoms with van der Waals surface area (Å²) in [5.74, 6) is -0.157. The molecule has 4 rings (SSSR count). The lowest BCUT2D eigenvalue weighted by Crippen LogP contribution is -2.46. The zero-order chi connectivity index (χ0) is 21.0. The quantitative estimate of drug-likeness (QED) is 0.672. The Kier molecular flexibility index (Phi) is 6.38. The van der Waals surface area contributed by atoms with Crippen LogP contribution in [0.3, 0.4) is 0 Å². The average molecular weight is 410 g/mol. The number of benzene rings is 2. The summed E-state index contributed by atoms with van der Waals surface area (Å²) in [5.41, 5.74) is 3.16. The van der Waals surface area contributed by atoms with Crippen LogP contribution in [0.1, 0.15) is 36.8 Å². The number of unbranched alkanes of at least 4 members (excludes halogenated alkanes) is 1. The first-order chi connectivity index (χ1) is 14.6. The summed E-state index contributed by atoms with van der Waals surface area (Å²) >= 11 is 0. The fourth-order valence-corrected chi connectivity index (χ4v) is 4.43. The minimum absolute atomic E-state index is 0.0980. The van der Waals surface area contributed by atoms with Crippen molar-refractivity contribution in [3.63, 3.8) is 0 Å². The number of halogens is 1. The Morgan fingerprint density at radius 2 is 1.77 bits per heavy atom. The van der Waals surface area contributed by atoms with E-state index in [4.69, 9.17) is 0 Å². The highest BCUT2D eigenvalue weighted by Gasteiger charge is 2.50. The Labute approximate surface area is 179 Å². The second-order valence-electron chi connectivity index (χ2n) is 8.72. The summed E-state index contributed by atoms with van der Waals surface area (Å²) in [7, 11) is 0. The van der Waals surface area contributed by atoms with Crippen molar-refractivity contribution < 1.29 is 9.18 Å². The van der Waals surface area contributed by atoms with Crippen molar-refractivity contribution in [1.29, 1.82) is 0 Å². The van der Waals surface area contributed by atoms with Gasteiger partial charge in [-0.15, -0.1) is 0 Å². The van der Waals surface area contributed by atoms with Crippen molar-refractivity contribution in [1.82, 2.24) is 10.2 Å². The first-order valence-corrected chi connectivity index (χ1v) is 11.2. The molecule has 2 aromatic rings. The fourth-order valence-electron chi connectivity index (χ4n) is 4.43. The lowest BCUT2D eigenvalue weighted by Gasteiger charge is -2.36. The number of piperazine rings is 1. The molecule has 160 valence electrons. The van der Waals surface area contributed by atoms with E-state index in [9.17, 15) is 9.18 Å². The molecule has 0 radical (unpaired) electrons. The molecule has 1 aliphatic heterocycles. The summed E-state index contributed by atoms with van der Waals surface area (Å²) in [5, 5.41) is 3.11. The molecular formula is C25H32FN3O. The third-order valence-electron chi connectivity index (χ3n) is 6.51. The van der Waals surface area contributed by atoms with Gasteiger partial charge in [0.05, 0.1) is 5.41 Å². The Hall–Kier alpha value is -2.40. The van der Waals surface area contributed by atoms with Crippen molar-refractivity contribution in [2.45, 2.75) is 38.0 Å². The molecule has 1 saturated carbocycles. The molecule has 1 amide bonds. The summed E-state index contributed by atoms with van der Waals surface area (Å²) in [6, 6.07) is 15.1. The van der Waals surface area contributed by atoms with Gasteiger partial charge in [-0.1, -0.05) is 24.3 Å². The van der Waals surface area contributed by atoms with E-state index >= 15 is 0 Å². The van der Waals surface area contributed by atoms with Crippen LogP contribution in [0, 0.1) is 12.7 Å². The highest BCUT2D eigenvalue weighted by molar-refractivity contribution is 5.91. The van der Waals surface area contributed by atoms with Crippen LogP contribution in [0.15, 0.2) is 48.5 Å². The molecule has 1 aliphatic carbocycles.